The number of hydrogen-bond acceptors (Lipinski definition) is 3. The van der Waals surface area contributed by atoms with E-state index < -0.39 is 0 Å². The quantitative estimate of drug-likeness (QED) is 0.275. The predicted octanol–water partition coefficient (Wildman–Crippen LogP) is 8.71. The Balaban J connectivity index is 1.35. The molecular weight excluding hydrogens is 420 g/mol. The maximum atomic E-state index is 4.90. The van der Waals surface area contributed by atoms with Crippen LogP contribution >= 0.6 is 11.8 Å². The fourth-order valence-electron chi connectivity index (χ4n) is 5.19. The third kappa shape index (κ3) is 6.53. The Hall–Kier alpha value is -2.00. The van der Waals surface area contributed by atoms with E-state index >= 15 is 0 Å². The minimum atomic E-state index is 0.630. The normalized spacial score (nSPS) is 22.0. The third-order valence-electron chi connectivity index (χ3n) is 7.51. The Morgan fingerprint density at radius 2 is 1.85 bits per heavy atom. The van der Waals surface area contributed by atoms with Crippen molar-refractivity contribution in [3.05, 3.63) is 60.2 Å². The van der Waals surface area contributed by atoms with Crippen molar-refractivity contribution < 1.29 is 0 Å². The molecule has 0 bridgehead atoms. The van der Waals surface area contributed by atoms with E-state index in [-0.39, 0.29) is 0 Å². The average Bonchev–Trinajstić information content (AvgIpc) is 3.59. The van der Waals surface area contributed by atoms with Gasteiger partial charge in [-0.1, -0.05) is 43.7 Å². The summed E-state index contributed by atoms with van der Waals surface area (Å²) in [5, 5.41) is 0. The van der Waals surface area contributed by atoms with Crippen molar-refractivity contribution in [1.29, 1.82) is 0 Å². The van der Waals surface area contributed by atoms with Crippen LogP contribution in [0.4, 0.5) is 11.4 Å². The largest absolute Gasteiger partial charge is 0.372 e. The highest BCUT2D eigenvalue weighted by atomic mass is 32.2. The molecule has 1 aliphatic carbocycles. The molecule has 0 N–H and O–H groups in total. The highest BCUT2D eigenvalue weighted by molar-refractivity contribution is 7.99. The number of rotatable bonds is 9. The van der Waals surface area contributed by atoms with E-state index in [9.17, 15) is 0 Å². The second-order valence-corrected chi connectivity index (χ2v) is 11.5. The van der Waals surface area contributed by atoms with Crippen LogP contribution in [0.1, 0.15) is 58.4 Å². The van der Waals surface area contributed by atoms with Crippen LogP contribution in [0, 0.1) is 30.6 Å². The van der Waals surface area contributed by atoms with Gasteiger partial charge in [-0.2, -0.15) is 0 Å². The molecule has 1 saturated heterocycles. The molecule has 3 unspecified atom stereocenters. The molecule has 33 heavy (non-hydrogen) atoms. The standard InChI is InChI=1S/C30H40N2S/c1-6-24-13-15-32(16-14-24)26-8-11-27(12-9-26)33-28-10-7-22(4)30(19-28)31-20-25-18-29(25)23(5)17-21(2)3/h7-12,19-20,23-25,29H,2,6,13-18H2,1,3-5H3/b31-20-. The Morgan fingerprint density at radius 1 is 1.15 bits per heavy atom. The lowest BCUT2D eigenvalue weighted by atomic mass is 9.94. The van der Waals surface area contributed by atoms with Gasteiger partial charge in [-0.05, 0) is 105 Å². The SMILES string of the molecule is C=C(C)CC(C)C1CC1/C=N\c1cc(Sc2ccc(N3CCC(CC)CC3)cc2)ccc1C. The van der Waals surface area contributed by atoms with E-state index in [2.05, 4.69) is 87.9 Å². The van der Waals surface area contributed by atoms with Gasteiger partial charge in [0.15, 0.2) is 0 Å². The Morgan fingerprint density at radius 3 is 2.52 bits per heavy atom. The number of aryl methyl sites for hydroxylation is 1. The molecule has 4 rings (SSSR count). The van der Waals surface area contributed by atoms with Gasteiger partial charge in [0.05, 0.1) is 5.69 Å². The number of aliphatic imine (C=N–C) groups is 1. The van der Waals surface area contributed by atoms with Crippen LogP contribution in [0.3, 0.4) is 0 Å². The Labute approximate surface area is 205 Å². The first-order chi connectivity index (χ1) is 15.9. The number of nitrogens with zero attached hydrogens (tertiary/aromatic N) is 2. The molecule has 0 aromatic heterocycles. The zero-order valence-corrected chi connectivity index (χ0v) is 21.7. The minimum Gasteiger partial charge on any atom is -0.372 e. The van der Waals surface area contributed by atoms with Gasteiger partial charge in [-0.15, -0.1) is 6.58 Å². The second kappa shape index (κ2) is 11.0. The van der Waals surface area contributed by atoms with Crippen molar-refractivity contribution in [2.45, 2.75) is 69.6 Å². The van der Waals surface area contributed by atoms with Gasteiger partial charge in [0.1, 0.15) is 0 Å². The summed E-state index contributed by atoms with van der Waals surface area (Å²) >= 11 is 1.83. The van der Waals surface area contributed by atoms with Crippen LogP contribution in [0.25, 0.3) is 0 Å². The summed E-state index contributed by atoms with van der Waals surface area (Å²) in [6.45, 7) is 15.4. The van der Waals surface area contributed by atoms with Crippen molar-refractivity contribution in [1.82, 2.24) is 0 Å². The highest BCUT2D eigenvalue weighted by Crippen LogP contribution is 2.45. The van der Waals surface area contributed by atoms with Crippen LogP contribution in [0.5, 0.6) is 0 Å². The van der Waals surface area contributed by atoms with E-state index in [1.165, 1.54) is 65.4 Å². The van der Waals surface area contributed by atoms with Crippen LogP contribution < -0.4 is 4.90 Å². The zero-order valence-electron chi connectivity index (χ0n) is 20.9. The predicted molar refractivity (Wildman–Crippen MR) is 145 cm³/mol. The molecule has 0 amide bonds. The van der Waals surface area contributed by atoms with E-state index in [0.29, 0.717) is 11.8 Å². The van der Waals surface area contributed by atoms with Crippen LogP contribution in [-0.2, 0) is 0 Å². The van der Waals surface area contributed by atoms with Crippen LogP contribution in [0.2, 0.25) is 0 Å². The molecule has 1 saturated carbocycles. The van der Waals surface area contributed by atoms with Gasteiger partial charge in [-0.3, -0.25) is 4.99 Å². The van der Waals surface area contributed by atoms with Gasteiger partial charge < -0.3 is 4.90 Å². The number of anilines is 1. The molecule has 3 heteroatoms. The van der Waals surface area contributed by atoms with Crippen molar-refractivity contribution in [3.8, 4) is 0 Å². The first-order valence-corrected chi connectivity index (χ1v) is 13.6. The minimum absolute atomic E-state index is 0.630. The summed E-state index contributed by atoms with van der Waals surface area (Å²) in [4.78, 5) is 9.99. The number of piperidine rings is 1. The van der Waals surface area contributed by atoms with Gasteiger partial charge in [-0.25, -0.2) is 0 Å². The lowest BCUT2D eigenvalue weighted by Crippen LogP contribution is -2.33. The maximum Gasteiger partial charge on any atom is 0.0666 e. The van der Waals surface area contributed by atoms with Gasteiger partial charge in [0.2, 0.25) is 0 Å². The van der Waals surface area contributed by atoms with Gasteiger partial charge in [0.25, 0.3) is 0 Å². The molecule has 176 valence electrons. The fourth-order valence-corrected chi connectivity index (χ4v) is 6.04. The van der Waals surface area contributed by atoms with Crippen molar-refractivity contribution in [2.75, 3.05) is 18.0 Å². The summed E-state index contributed by atoms with van der Waals surface area (Å²) in [5.74, 6) is 3.03. The zero-order chi connectivity index (χ0) is 23.4. The van der Waals surface area contributed by atoms with E-state index in [1.807, 2.05) is 11.8 Å². The second-order valence-electron chi connectivity index (χ2n) is 10.4. The lowest BCUT2D eigenvalue weighted by molar-refractivity contribution is 0.395. The van der Waals surface area contributed by atoms with Crippen molar-refractivity contribution in [2.24, 2.45) is 28.7 Å². The molecule has 2 nitrogen and oxygen atoms in total. The summed E-state index contributed by atoms with van der Waals surface area (Å²) < 4.78 is 0. The first kappa shape index (κ1) is 24.1. The molecule has 1 aliphatic heterocycles. The molecule has 2 aliphatic rings. The Kier molecular flexibility index (Phi) is 8.01. The van der Waals surface area contributed by atoms with Gasteiger partial charge in [0, 0.05) is 34.8 Å². The topological polar surface area (TPSA) is 15.6 Å². The lowest BCUT2D eigenvalue weighted by Gasteiger charge is -2.33. The monoisotopic (exact) mass is 460 g/mol. The molecule has 3 atom stereocenters. The smallest absolute Gasteiger partial charge is 0.0666 e. The number of benzene rings is 2. The van der Waals surface area contributed by atoms with Gasteiger partial charge >= 0.3 is 0 Å². The van der Waals surface area contributed by atoms with Crippen molar-refractivity contribution >= 4 is 29.4 Å². The number of hydrogen-bond donors (Lipinski definition) is 0. The van der Waals surface area contributed by atoms with Crippen LogP contribution in [-0.4, -0.2) is 19.3 Å². The third-order valence-corrected chi connectivity index (χ3v) is 8.51. The van der Waals surface area contributed by atoms with Crippen molar-refractivity contribution in [3.63, 3.8) is 0 Å². The molecule has 0 spiro atoms. The fraction of sp³-hybridized carbons (Fsp3) is 0.500. The molecule has 1 heterocycles. The Bertz CT molecular complexity index is 969. The molecule has 2 aromatic rings. The van der Waals surface area contributed by atoms with E-state index in [1.54, 1.807) is 0 Å². The molecule has 2 fully saturated rings. The highest BCUT2D eigenvalue weighted by Gasteiger charge is 2.39. The van der Waals surface area contributed by atoms with E-state index in [4.69, 9.17) is 4.99 Å². The summed E-state index contributed by atoms with van der Waals surface area (Å²) in [7, 11) is 0. The summed E-state index contributed by atoms with van der Waals surface area (Å²) in [6.07, 6.45) is 8.58. The maximum absolute atomic E-state index is 4.90. The van der Waals surface area contributed by atoms with E-state index in [0.717, 1.165) is 23.9 Å². The molecule has 0 radical (unpaired) electrons. The average molecular weight is 461 g/mol. The number of allylic oxidation sites excluding steroid dienone is 1. The first-order valence-electron chi connectivity index (χ1n) is 12.7. The molecule has 2 aromatic carbocycles. The van der Waals surface area contributed by atoms with Crippen LogP contribution in [0.15, 0.2) is 69.4 Å². The molecular formula is C30H40N2S. The summed E-state index contributed by atoms with van der Waals surface area (Å²) in [6, 6.07) is 15.8. The summed E-state index contributed by atoms with van der Waals surface area (Å²) in [5.41, 5.74) is 5.00.